The molecule has 4 heteroatoms. The average Bonchev–Trinajstić information content (AvgIpc) is 2.76. The lowest BCUT2D eigenvalue weighted by Gasteiger charge is -2.08. The van der Waals surface area contributed by atoms with Gasteiger partial charge in [-0.3, -0.25) is 0 Å². The van der Waals surface area contributed by atoms with Crippen LogP contribution in [0.25, 0.3) is 0 Å². The fourth-order valence-corrected chi connectivity index (χ4v) is 3.38. The first-order valence-corrected chi connectivity index (χ1v) is 7.78. The summed E-state index contributed by atoms with van der Waals surface area (Å²) in [5.41, 5.74) is 0.0366. The molecule has 1 rings (SSSR count). The number of rotatable bonds is 7. The monoisotopic (exact) mass is 318 g/mol. The minimum absolute atomic E-state index is 0.0366. The van der Waals surface area contributed by atoms with Crippen molar-refractivity contribution >= 4 is 29.2 Å². The van der Waals surface area contributed by atoms with Gasteiger partial charge in [-0.25, -0.2) is 4.79 Å². The Labute approximate surface area is 132 Å². The molecular weight excluding hydrogens is 295 g/mol. The van der Waals surface area contributed by atoms with Crippen LogP contribution in [0.3, 0.4) is 0 Å². The third-order valence-electron chi connectivity index (χ3n) is 4.25. The normalized spacial score (nSPS) is 25.0. The first kappa shape index (κ1) is 17.6. The molecular formula is C16H24Cl2O2. The molecule has 0 heterocycles. The first-order valence-electron chi connectivity index (χ1n) is 7.02. The summed E-state index contributed by atoms with van der Waals surface area (Å²) in [7, 11) is 1.37. The summed E-state index contributed by atoms with van der Waals surface area (Å²) in [4.78, 5) is 10.8. The number of ether oxygens (including phenoxy) is 1. The summed E-state index contributed by atoms with van der Waals surface area (Å²) in [5, 5.41) is 0. The van der Waals surface area contributed by atoms with Crippen molar-refractivity contribution in [2.24, 2.45) is 17.3 Å². The average molecular weight is 319 g/mol. The van der Waals surface area contributed by atoms with E-state index in [4.69, 9.17) is 23.2 Å². The minimum atomic E-state index is -0.550. The fraction of sp³-hybridized carbons (Fsp3) is 0.688. The van der Waals surface area contributed by atoms with Crippen LogP contribution in [0.1, 0.15) is 40.0 Å². The molecule has 0 aromatic heterocycles. The fourth-order valence-electron chi connectivity index (χ4n) is 2.46. The van der Waals surface area contributed by atoms with Gasteiger partial charge in [0.2, 0.25) is 0 Å². The molecule has 20 heavy (non-hydrogen) atoms. The molecule has 1 aliphatic rings. The van der Waals surface area contributed by atoms with E-state index in [1.807, 2.05) is 6.08 Å². The van der Waals surface area contributed by atoms with E-state index in [0.717, 1.165) is 19.3 Å². The number of carbonyl (C=O) groups excluding carboxylic acids is 1. The lowest BCUT2D eigenvalue weighted by Crippen LogP contribution is -1.97. The highest BCUT2D eigenvalue weighted by atomic mass is 35.5. The first-order chi connectivity index (χ1) is 9.23. The van der Waals surface area contributed by atoms with Crippen molar-refractivity contribution in [2.45, 2.75) is 44.4 Å². The van der Waals surface area contributed by atoms with Crippen LogP contribution in [-0.2, 0) is 9.53 Å². The quantitative estimate of drug-likeness (QED) is 0.288. The second-order valence-electron chi connectivity index (χ2n) is 6.13. The lowest BCUT2D eigenvalue weighted by molar-refractivity contribution is -0.134. The van der Waals surface area contributed by atoms with E-state index in [1.165, 1.54) is 13.2 Å². The Morgan fingerprint density at radius 2 is 1.95 bits per heavy atom. The summed E-state index contributed by atoms with van der Waals surface area (Å²) in [6.07, 6.45) is 10.2. The smallest absolute Gasteiger partial charge is 0.330 e. The minimum Gasteiger partial charge on any atom is -0.466 e. The number of allylic oxidation sites excluding steroid dienone is 3. The van der Waals surface area contributed by atoms with Gasteiger partial charge < -0.3 is 4.74 Å². The van der Waals surface area contributed by atoms with Crippen LogP contribution in [0.5, 0.6) is 0 Å². The molecule has 0 amide bonds. The van der Waals surface area contributed by atoms with Crippen LogP contribution in [0, 0.1) is 17.3 Å². The van der Waals surface area contributed by atoms with Gasteiger partial charge in [-0.15, -0.1) is 23.2 Å². The van der Waals surface area contributed by atoms with E-state index in [0.29, 0.717) is 11.8 Å². The SMILES string of the molecule is COC(=O)C=CC=CCC(C)CCC1C(C)(C)C1(Cl)Cl. The molecule has 114 valence electrons. The molecule has 1 aliphatic carbocycles. The Hall–Kier alpha value is -0.470. The van der Waals surface area contributed by atoms with Gasteiger partial charge in [-0.2, -0.15) is 0 Å². The van der Waals surface area contributed by atoms with Gasteiger partial charge in [0, 0.05) is 17.4 Å². The van der Waals surface area contributed by atoms with Crippen molar-refractivity contribution in [3.05, 3.63) is 24.3 Å². The lowest BCUT2D eigenvalue weighted by atomic mass is 9.97. The van der Waals surface area contributed by atoms with Crippen molar-refractivity contribution in [3.8, 4) is 0 Å². The molecule has 0 N–H and O–H groups in total. The predicted octanol–water partition coefficient (Wildman–Crippen LogP) is 4.91. The summed E-state index contributed by atoms with van der Waals surface area (Å²) >= 11 is 12.5. The van der Waals surface area contributed by atoms with E-state index in [9.17, 15) is 4.79 Å². The Morgan fingerprint density at radius 1 is 1.35 bits per heavy atom. The van der Waals surface area contributed by atoms with E-state index >= 15 is 0 Å². The zero-order valence-corrected chi connectivity index (χ0v) is 14.2. The van der Waals surface area contributed by atoms with Crippen molar-refractivity contribution in [3.63, 3.8) is 0 Å². The maximum absolute atomic E-state index is 10.8. The molecule has 0 bridgehead atoms. The predicted molar refractivity (Wildman–Crippen MR) is 85.0 cm³/mol. The Bertz CT molecular complexity index is 383. The molecule has 0 aromatic rings. The molecule has 1 fully saturated rings. The summed E-state index contributed by atoms with van der Waals surface area (Å²) < 4.78 is 3.95. The Morgan fingerprint density at radius 3 is 2.45 bits per heavy atom. The molecule has 0 spiro atoms. The van der Waals surface area contributed by atoms with Crippen LogP contribution in [0.15, 0.2) is 24.3 Å². The third kappa shape index (κ3) is 4.26. The Kier molecular flexibility index (Phi) is 6.15. The number of halogens is 2. The standard InChI is InChI=1S/C16H24Cl2O2/c1-12(8-6-5-7-9-14(19)20-4)10-11-13-15(2,3)16(13,17)18/h5-7,9,12-13H,8,10-11H2,1-4H3. The number of carbonyl (C=O) groups is 1. The molecule has 2 unspecified atom stereocenters. The number of esters is 1. The maximum Gasteiger partial charge on any atom is 0.330 e. The topological polar surface area (TPSA) is 26.3 Å². The molecule has 0 radical (unpaired) electrons. The van der Waals surface area contributed by atoms with Gasteiger partial charge in [-0.1, -0.05) is 45.4 Å². The maximum atomic E-state index is 10.8. The second kappa shape index (κ2) is 7.00. The molecule has 1 saturated carbocycles. The van der Waals surface area contributed by atoms with Gasteiger partial charge in [0.15, 0.2) is 0 Å². The Balaban J connectivity index is 2.22. The van der Waals surface area contributed by atoms with Crippen molar-refractivity contribution in [1.29, 1.82) is 0 Å². The van der Waals surface area contributed by atoms with Crippen LogP contribution < -0.4 is 0 Å². The largest absolute Gasteiger partial charge is 0.466 e. The molecule has 2 atom stereocenters. The van der Waals surface area contributed by atoms with E-state index in [-0.39, 0.29) is 11.4 Å². The van der Waals surface area contributed by atoms with Crippen molar-refractivity contribution in [2.75, 3.05) is 7.11 Å². The third-order valence-corrected chi connectivity index (χ3v) is 5.75. The van der Waals surface area contributed by atoms with Gasteiger partial charge in [-0.05, 0) is 18.8 Å². The zero-order chi connectivity index (χ0) is 15.4. The van der Waals surface area contributed by atoms with Gasteiger partial charge in [0.05, 0.1) is 7.11 Å². The number of hydrogen-bond acceptors (Lipinski definition) is 2. The van der Waals surface area contributed by atoms with Crippen molar-refractivity contribution in [1.82, 2.24) is 0 Å². The van der Waals surface area contributed by atoms with Gasteiger partial charge in [0.1, 0.15) is 4.33 Å². The van der Waals surface area contributed by atoms with Crippen LogP contribution in [-0.4, -0.2) is 17.4 Å². The van der Waals surface area contributed by atoms with Crippen molar-refractivity contribution < 1.29 is 9.53 Å². The van der Waals surface area contributed by atoms with Gasteiger partial charge >= 0.3 is 5.97 Å². The summed E-state index contributed by atoms with van der Waals surface area (Å²) in [6, 6.07) is 0. The van der Waals surface area contributed by atoms with E-state index in [2.05, 4.69) is 31.6 Å². The molecule has 0 saturated heterocycles. The van der Waals surface area contributed by atoms with Crippen LogP contribution in [0.4, 0.5) is 0 Å². The van der Waals surface area contributed by atoms with Gasteiger partial charge in [0.25, 0.3) is 0 Å². The molecule has 2 nitrogen and oxygen atoms in total. The van der Waals surface area contributed by atoms with E-state index in [1.54, 1.807) is 6.08 Å². The molecule has 0 aromatic carbocycles. The highest BCUT2D eigenvalue weighted by Crippen LogP contribution is 2.70. The number of alkyl halides is 2. The highest BCUT2D eigenvalue weighted by Gasteiger charge is 2.69. The zero-order valence-electron chi connectivity index (χ0n) is 12.7. The number of methoxy groups -OCH3 is 1. The van der Waals surface area contributed by atoms with Crippen LogP contribution in [0.2, 0.25) is 0 Å². The number of hydrogen-bond donors (Lipinski definition) is 0. The van der Waals surface area contributed by atoms with Crippen LogP contribution >= 0.6 is 23.2 Å². The second-order valence-corrected chi connectivity index (χ2v) is 7.51. The highest BCUT2D eigenvalue weighted by molar-refractivity contribution is 6.51. The summed E-state index contributed by atoms with van der Waals surface area (Å²) in [6.45, 7) is 6.47. The summed E-state index contributed by atoms with van der Waals surface area (Å²) in [5.74, 6) is 0.640. The van der Waals surface area contributed by atoms with E-state index < -0.39 is 4.33 Å². The molecule has 0 aliphatic heterocycles.